The van der Waals surface area contributed by atoms with Crippen molar-refractivity contribution in [2.24, 2.45) is 0 Å². The van der Waals surface area contributed by atoms with Gasteiger partial charge in [-0.3, -0.25) is 9.88 Å². The topological polar surface area (TPSA) is 25.4 Å². The van der Waals surface area contributed by atoms with Crippen LogP contribution in [0.4, 0.5) is 4.39 Å². The van der Waals surface area contributed by atoms with E-state index in [1.807, 2.05) is 6.07 Å². The van der Waals surface area contributed by atoms with Crippen LogP contribution in [0, 0.1) is 6.92 Å². The first-order valence-electron chi connectivity index (χ1n) is 5.60. The van der Waals surface area contributed by atoms with E-state index in [1.54, 1.807) is 6.20 Å². The zero-order chi connectivity index (χ0) is 11.4. The summed E-state index contributed by atoms with van der Waals surface area (Å²) in [5, 5.41) is 0. The van der Waals surface area contributed by atoms with E-state index in [1.165, 1.54) is 5.56 Å². The minimum atomic E-state index is -0.405. The summed E-state index contributed by atoms with van der Waals surface area (Å²) in [6.45, 7) is 4.55. The Kier molecular flexibility index (Phi) is 3.85. The third-order valence-electron chi connectivity index (χ3n) is 2.89. The van der Waals surface area contributed by atoms with Crippen molar-refractivity contribution in [1.29, 1.82) is 0 Å². The minimum absolute atomic E-state index is 0.266. The molecule has 1 aliphatic rings. The summed E-state index contributed by atoms with van der Waals surface area (Å²) in [6, 6.07) is 3.98. The molecule has 0 amide bonds. The number of aryl methyl sites for hydroxylation is 1. The Morgan fingerprint density at radius 1 is 1.62 bits per heavy atom. The number of hydrogen-bond acceptors (Lipinski definition) is 3. The van der Waals surface area contributed by atoms with Crippen molar-refractivity contribution < 1.29 is 9.13 Å². The lowest BCUT2D eigenvalue weighted by Crippen LogP contribution is -2.43. The molecule has 1 aromatic rings. The van der Waals surface area contributed by atoms with Crippen LogP contribution in [0.5, 0.6) is 0 Å². The molecule has 1 fully saturated rings. The fraction of sp³-hybridized carbons (Fsp3) is 0.583. The highest BCUT2D eigenvalue weighted by Crippen LogP contribution is 2.11. The second-order valence-corrected chi connectivity index (χ2v) is 4.15. The van der Waals surface area contributed by atoms with Crippen LogP contribution in [-0.4, -0.2) is 42.4 Å². The molecule has 88 valence electrons. The molecule has 0 bridgehead atoms. The van der Waals surface area contributed by atoms with Crippen LogP contribution in [0.15, 0.2) is 18.3 Å². The van der Waals surface area contributed by atoms with Crippen molar-refractivity contribution in [2.45, 2.75) is 19.6 Å². The van der Waals surface area contributed by atoms with Crippen LogP contribution < -0.4 is 0 Å². The van der Waals surface area contributed by atoms with E-state index < -0.39 is 6.67 Å². The number of ether oxygens (including phenoxy) is 1. The maximum Gasteiger partial charge on any atom is 0.117 e. The molecule has 0 aromatic carbocycles. The second-order valence-electron chi connectivity index (χ2n) is 4.15. The van der Waals surface area contributed by atoms with E-state index in [9.17, 15) is 4.39 Å². The van der Waals surface area contributed by atoms with Gasteiger partial charge in [0, 0.05) is 25.8 Å². The molecular formula is C12H17FN2O. The monoisotopic (exact) mass is 224 g/mol. The van der Waals surface area contributed by atoms with Crippen LogP contribution in [0.1, 0.15) is 11.3 Å². The molecule has 1 aromatic heterocycles. The average Bonchev–Trinajstić information content (AvgIpc) is 2.32. The number of halogens is 1. The number of aromatic nitrogens is 1. The van der Waals surface area contributed by atoms with Crippen molar-refractivity contribution in [3.05, 3.63) is 29.6 Å². The summed E-state index contributed by atoms with van der Waals surface area (Å²) in [5.41, 5.74) is 2.26. The van der Waals surface area contributed by atoms with E-state index in [0.717, 1.165) is 18.8 Å². The van der Waals surface area contributed by atoms with Crippen LogP contribution in [0.3, 0.4) is 0 Å². The van der Waals surface area contributed by atoms with Gasteiger partial charge in [-0.1, -0.05) is 6.07 Å². The van der Waals surface area contributed by atoms with E-state index >= 15 is 0 Å². The lowest BCUT2D eigenvalue weighted by Gasteiger charge is -2.31. The number of nitrogens with zero attached hydrogens (tertiary/aromatic N) is 2. The Morgan fingerprint density at radius 3 is 3.25 bits per heavy atom. The predicted molar refractivity (Wildman–Crippen MR) is 60.0 cm³/mol. The Morgan fingerprint density at radius 2 is 2.50 bits per heavy atom. The molecule has 0 radical (unpaired) electrons. The lowest BCUT2D eigenvalue weighted by molar-refractivity contribution is -0.0416. The predicted octanol–water partition coefficient (Wildman–Crippen LogP) is 1.56. The second kappa shape index (κ2) is 5.37. The molecule has 0 N–H and O–H groups in total. The van der Waals surface area contributed by atoms with Gasteiger partial charge in [0.25, 0.3) is 0 Å². The SMILES string of the molecule is Cc1cccnc1CN1CCO[C@@H](CF)C1. The number of rotatable bonds is 3. The standard InChI is InChI=1S/C12H17FN2O/c1-10-3-2-4-14-12(10)9-15-5-6-16-11(7-13)8-15/h2-4,11H,5-9H2,1H3/t11-/m0/s1. The van der Waals surface area contributed by atoms with Gasteiger partial charge >= 0.3 is 0 Å². The van der Waals surface area contributed by atoms with Gasteiger partial charge in [0.15, 0.2) is 0 Å². The molecule has 2 rings (SSSR count). The van der Waals surface area contributed by atoms with Gasteiger partial charge in [0.05, 0.1) is 18.4 Å². The molecule has 0 aliphatic carbocycles. The first-order valence-corrected chi connectivity index (χ1v) is 5.60. The van der Waals surface area contributed by atoms with E-state index in [0.29, 0.717) is 13.2 Å². The maximum absolute atomic E-state index is 12.5. The molecule has 0 unspecified atom stereocenters. The maximum atomic E-state index is 12.5. The van der Waals surface area contributed by atoms with Gasteiger partial charge in [-0.05, 0) is 18.6 Å². The third-order valence-corrected chi connectivity index (χ3v) is 2.89. The summed E-state index contributed by atoms with van der Waals surface area (Å²) in [7, 11) is 0. The number of pyridine rings is 1. The van der Waals surface area contributed by atoms with Gasteiger partial charge in [-0.25, -0.2) is 4.39 Å². The van der Waals surface area contributed by atoms with Crippen molar-refractivity contribution in [3.63, 3.8) is 0 Å². The minimum Gasteiger partial charge on any atom is -0.373 e. The Labute approximate surface area is 95.2 Å². The van der Waals surface area contributed by atoms with E-state index in [4.69, 9.17) is 4.74 Å². The molecule has 3 nitrogen and oxygen atoms in total. The van der Waals surface area contributed by atoms with Crippen LogP contribution >= 0.6 is 0 Å². The summed E-state index contributed by atoms with van der Waals surface area (Å²) in [5.74, 6) is 0. The molecule has 1 aliphatic heterocycles. The first kappa shape index (κ1) is 11.5. The fourth-order valence-corrected chi connectivity index (χ4v) is 1.91. The first-order chi connectivity index (χ1) is 7.79. The summed E-state index contributed by atoms with van der Waals surface area (Å²) in [6.07, 6.45) is 1.54. The smallest absolute Gasteiger partial charge is 0.117 e. The molecule has 1 saturated heterocycles. The highest BCUT2D eigenvalue weighted by Gasteiger charge is 2.20. The van der Waals surface area contributed by atoms with Gasteiger partial charge < -0.3 is 4.74 Å². The Bertz CT molecular complexity index is 346. The normalized spacial score (nSPS) is 22.2. The largest absolute Gasteiger partial charge is 0.373 e. The fourth-order valence-electron chi connectivity index (χ4n) is 1.91. The van der Waals surface area contributed by atoms with Crippen LogP contribution in [0.25, 0.3) is 0 Å². The van der Waals surface area contributed by atoms with Crippen molar-refractivity contribution >= 4 is 0 Å². The number of hydrogen-bond donors (Lipinski definition) is 0. The highest BCUT2D eigenvalue weighted by atomic mass is 19.1. The number of alkyl halides is 1. The van der Waals surface area contributed by atoms with Crippen LogP contribution in [0.2, 0.25) is 0 Å². The molecular weight excluding hydrogens is 207 g/mol. The summed E-state index contributed by atoms with van der Waals surface area (Å²) in [4.78, 5) is 6.54. The zero-order valence-corrected chi connectivity index (χ0v) is 9.53. The molecule has 1 atom stereocenters. The van der Waals surface area contributed by atoms with E-state index in [2.05, 4.69) is 22.9 Å². The molecule has 0 saturated carbocycles. The highest BCUT2D eigenvalue weighted by molar-refractivity contribution is 5.17. The Balaban J connectivity index is 1.97. The molecule has 4 heteroatoms. The van der Waals surface area contributed by atoms with Gasteiger partial charge in [-0.2, -0.15) is 0 Å². The molecule has 16 heavy (non-hydrogen) atoms. The zero-order valence-electron chi connectivity index (χ0n) is 9.53. The van der Waals surface area contributed by atoms with Gasteiger partial charge in [0.2, 0.25) is 0 Å². The number of morpholine rings is 1. The van der Waals surface area contributed by atoms with Gasteiger partial charge in [-0.15, -0.1) is 0 Å². The van der Waals surface area contributed by atoms with Crippen molar-refractivity contribution in [2.75, 3.05) is 26.4 Å². The summed E-state index contributed by atoms with van der Waals surface area (Å²) < 4.78 is 17.8. The van der Waals surface area contributed by atoms with Crippen molar-refractivity contribution in [3.8, 4) is 0 Å². The average molecular weight is 224 g/mol. The lowest BCUT2D eigenvalue weighted by atomic mass is 10.2. The Hall–Kier alpha value is -1.00. The molecule has 2 heterocycles. The quantitative estimate of drug-likeness (QED) is 0.779. The summed E-state index contributed by atoms with van der Waals surface area (Å²) >= 11 is 0. The van der Waals surface area contributed by atoms with E-state index in [-0.39, 0.29) is 6.10 Å². The molecule has 0 spiro atoms. The van der Waals surface area contributed by atoms with Gasteiger partial charge in [0.1, 0.15) is 6.67 Å². The van der Waals surface area contributed by atoms with Crippen LogP contribution in [-0.2, 0) is 11.3 Å². The third kappa shape index (κ3) is 2.77. The van der Waals surface area contributed by atoms with Crippen molar-refractivity contribution in [1.82, 2.24) is 9.88 Å².